The number of thioether (sulfide) groups is 2. The highest BCUT2D eigenvalue weighted by Gasteiger charge is 2.59. The van der Waals surface area contributed by atoms with Gasteiger partial charge in [-0.1, -0.05) is 11.8 Å². The van der Waals surface area contributed by atoms with Gasteiger partial charge in [-0.3, -0.25) is 19.9 Å². The van der Waals surface area contributed by atoms with Gasteiger partial charge in [-0.05, 0) is 17.7 Å². The van der Waals surface area contributed by atoms with Crippen LogP contribution in [-0.4, -0.2) is 111 Å². The van der Waals surface area contributed by atoms with E-state index in [2.05, 4.69) is 30.9 Å². The summed E-state index contributed by atoms with van der Waals surface area (Å²) in [5, 5.41) is 37.3. The SMILES string of the molecule is CC(Sc1nn[nH]n1)C1=C(C(=O)O)N2C(=O)C(N(C(=O)C(=N)c3csc(N)n3)N3CCNC3=O)[C@@H]2SC1. The molecule has 5 heterocycles. The van der Waals surface area contributed by atoms with E-state index in [4.69, 9.17) is 11.1 Å². The number of urea groups is 1. The average molecular weight is 566 g/mol. The molecule has 0 aromatic carbocycles. The number of carbonyl (C=O) groups is 4. The van der Waals surface area contributed by atoms with Crippen LogP contribution in [0.5, 0.6) is 0 Å². The van der Waals surface area contributed by atoms with Crippen molar-refractivity contribution in [1.29, 1.82) is 5.41 Å². The van der Waals surface area contributed by atoms with Gasteiger partial charge in [0.2, 0.25) is 5.16 Å². The second-order valence-electron chi connectivity index (χ2n) is 7.94. The standard InChI is InChI=1S/C18H19N11O5S3/c1-6(37-17-23-25-26-24-17)7-4-35-14-11(13(31)28(14)10(7)15(32)33)29(27-3-2-21-18(27)34)12(30)9(19)8-5-36-16(20)22-8/h5-6,11,14,19H,2-4H2,1H3,(H2,20,22)(H,21,34)(H,32,33)(H,23,24,25,26)/t6?,11?,14-/m0/s1. The number of amides is 4. The number of nitrogens with zero attached hydrogens (tertiary/aromatic N) is 7. The number of carbonyl (C=O) groups excluding carboxylic acids is 3. The Morgan fingerprint density at radius 3 is 2.78 bits per heavy atom. The van der Waals surface area contributed by atoms with Crippen LogP contribution >= 0.6 is 34.9 Å². The molecule has 2 aromatic heterocycles. The zero-order valence-electron chi connectivity index (χ0n) is 18.9. The molecule has 3 atom stereocenters. The molecule has 16 nitrogen and oxygen atoms in total. The number of aromatic nitrogens is 5. The predicted octanol–water partition coefficient (Wildman–Crippen LogP) is -0.822. The van der Waals surface area contributed by atoms with Gasteiger partial charge < -0.3 is 16.2 Å². The van der Waals surface area contributed by atoms with E-state index in [1.165, 1.54) is 28.9 Å². The summed E-state index contributed by atoms with van der Waals surface area (Å²) in [7, 11) is 0. The highest BCUT2D eigenvalue weighted by Crippen LogP contribution is 2.45. The molecule has 0 saturated carbocycles. The lowest BCUT2D eigenvalue weighted by molar-refractivity contribution is -0.169. The maximum Gasteiger partial charge on any atom is 0.352 e. The number of thiazole rings is 1. The summed E-state index contributed by atoms with van der Waals surface area (Å²) in [5.41, 5.74) is 5.41. The topological polar surface area (TPSA) is 227 Å². The third kappa shape index (κ3) is 4.27. The number of hydrazine groups is 1. The van der Waals surface area contributed by atoms with Crippen molar-refractivity contribution in [3.8, 4) is 0 Å². The summed E-state index contributed by atoms with van der Waals surface area (Å²) in [4.78, 5) is 56.9. The number of nitrogens with one attached hydrogen (secondary N) is 3. The average Bonchev–Trinajstić information content (AvgIpc) is 3.63. The Kier molecular flexibility index (Phi) is 6.50. The number of aliphatic carboxylic acids is 1. The second kappa shape index (κ2) is 9.63. The molecule has 2 saturated heterocycles. The lowest BCUT2D eigenvalue weighted by atomic mass is 10.0. The molecule has 3 aliphatic heterocycles. The van der Waals surface area contributed by atoms with Crippen LogP contribution in [0.4, 0.5) is 9.93 Å². The van der Waals surface area contributed by atoms with Crippen LogP contribution < -0.4 is 11.1 Å². The van der Waals surface area contributed by atoms with Crippen LogP contribution in [0, 0.1) is 5.41 Å². The summed E-state index contributed by atoms with van der Waals surface area (Å²) < 4.78 is 0. The first-order chi connectivity index (χ1) is 17.7. The van der Waals surface area contributed by atoms with Crippen LogP contribution in [0.3, 0.4) is 0 Å². The van der Waals surface area contributed by atoms with Crippen molar-refractivity contribution in [2.45, 2.75) is 28.7 Å². The van der Waals surface area contributed by atoms with Crippen molar-refractivity contribution in [2.24, 2.45) is 0 Å². The fraction of sp³-hybridized carbons (Fsp3) is 0.389. The van der Waals surface area contributed by atoms with Crippen LogP contribution in [0.25, 0.3) is 0 Å². The minimum Gasteiger partial charge on any atom is -0.477 e. The van der Waals surface area contributed by atoms with Gasteiger partial charge in [0.25, 0.3) is 11.8 Å². The summed E-state index contributed by atoms with van der Waals surface area (Å²) >= 11 is 3.49. The van der Waals surface area contributed by atoms with Crippen molar-refractivity contribution in [1.82, 2.24) is 45.8 Å². The van der Waals surface area contributed by atoms with Gasteiger partial charge in [-0.15, -0.1) is 33.3 Å². The van der Waals surface area contributed by atoms with E-state index in [1.54, 1.807) is 6.92 Å². The molecular weight excluding hydrogens is 546 g/mol. The van der Waals surface area contributed by atoms with Crippen molar-refractivity contribution in [3.63, 3.8) is 0 Å². The van der Waals surface area contributed by atoms with Crippen molar-refractivity contribution >= 4 is 69.5 Å². The van der Waals surface area contributed by atoms with E-state index in [1.807, 2.05) is 0 Å². The van der Waals surface area contributed by atoms with Crippen LogP contribution in [0.15, 0.2) is 21.8 Å². The van der Waals surface area contributed by atoms with Gasteiger partial charge in [0.05, 0.1) is 6.54 Å². The van der Waals surface area contributed by atoms with Crippen molar-refractivity contribution in [2.75, 3.05) is 24.6 Å². The number of hydrogen-bond acceptors (Lipinski definition) is 13. The number of rotatable bonds is 8. The summed E-state index contributed by atoms with van der Waals surface area (Å²) in [6, 6.07) is -1.81. The molecule has 2 aromatic rings. The number of carboxylic acids is 1. The minimum atomic E-state index is -1.30. The first kappa shape index (κ1) is 25.0. The molecule has 19 heteroatoms. The number of H-pyrrole nitrogens is 1. The zero-order valence-corrected chi connectivity index (χ0v) is 21.4. The second-order valence-corrected chi connectivity index (χ2v) is 11.2. The summed E-state index contributed by atoms with van der Waals surface area (Å²) in [5.74, 6) is -2.65. The molecule has 3 aliphatic rings. The number of aromatic amines is 1. The number of tetrazole rings is 1. The minimum absolute atomic E-state index is 0.0118. The fourth-order valence-corrected chi connectivity index (χ4v) is 7.14. The highest BCUT2D eigenvalue weighted by atomic mass is 32.2. The molecule has 194 valence electrons. The number of β-lactam (4-membered cyclic amide) rings is 1. The number of carboxylic acid groups (broad SMARTS) is 1. The number of fused-ring (bicyclic) bond motifs is 1. The quantitative estimate of drug-likeness (QED) is 0.150. The molecule has 2 unspecified atom stereocenters. The third-order valence-corrected chi connectivity index (χ3v) is 8.81. The molecule has 4 amide bonds. The molecule has 37 heavy (non-hydrogen) atoms. The third-order valence-electron chi connectivity index (χ3n) is 5.83. The molecule has 0 spiro atoms. The maximum atomic E-state index is 13.5. The Morgan fingerprint density at radius 2 is 2.19 bits per heavy atom. The smallest absolute Gasteiger partial charge is 0.352 e. The van der Waals surface area contributed by atoms with Crippen LogP contribution in [0.2, 0.25) is 0 Å². The Morgan fingerprint density at radius 1 is 1.41 bits per heavy atom. The van der Waals surface area contributed by atoms with Crippen LogP contribution in [-0.2, 0) is 14.4 Å². The predicted molar refractivity (Wildman–Crippen MR) is 131 cm³/mol. The Bertz CT molecular complexity index is 1330. The van der Waals surface area contributed by atoms with Crippen molar-refractivity contribution < 1.29 is 24.3 Å². The van der Waals surface area contributed by atoms with E-state index in [0.29, 0.717) is 10.7 Å². The zero-order chi connectivity index (χ0) is 26.4. The highest BCUT2D eigenvalue weighted by molar-refractivity contribution is 8.01. The fourth-order valence-electron chi connectivity index (χ4n) is 4.14. The monoisotopic (exact) mass is 565 g/mol. The van der Waals surface area contributed by atoms with Crippen molar-refractivity contribution in [3.05, 3.63) is 22.3 Å². The van der Waals surface area contributed by atoms with E-state index in [9.17, 15) is 24.3 Å². The molecule has 0 bridgehead atoms. The van der Waals surface area contributed by atoms with Gasteiger partial charge in [-0.25, -0.2) is 24.6 Å². The molecule has 2 fully saturated rings. The first-order valence-corrected chi connectivity index (χ1v) is 13.5. The lowest BCUT2D eigenvalue weighted by Crippen LogP contribution is -2.74. The van der Waals surface area contributed by atoms with Crippen LogP contribution in [0.1, 0.15) is 12.6 Å². The Labute approximate surface area is 220 Å². The van der Waals surface area contributed by atoms with Gasteiger partial charge in [0.1, 0.15) is 22.5 Å². The molecule has 0 aliphatic carbocycles. The largest absolute Gasteiger partial charge is 0.477 e. The Hall–Kier alpha value is -3.71. The molecule has 0 radical (unpaired) electrons. The van der Waals surface area contributed by atoms with E-state index in [-0.39, 0.29) is 35.4 Å². The van der Waals surface area contributed by atoms with Gasteiger partial charge in [0.15, 0.2) is 11.2 Å². The number of nitrogen functional groups attached to an aromatic ring is 1. The summed E-state index contributed by atoms with van der Waals surface area (Å²) in [6.07, 6.45) is 0. The lowest BCUT2D eigenvalue weighted by Gasteiger charge is -2.54. The number of anilines is 1. The van der Waals surface area contributed by atoms with Gasteiger partial charge in [0, 0.05) is 22.9 Å². The molecule has 5 rings (SSSR count). The van der Waals surface area contributed by atoms with E-state index in [0.717, 1.165) is 26.3 Å². The summed E-state index contributed by atoms with van der Waals surface area (Å²) in [6.45, 7) is 2.09. The van der Waals surface area contributed by atoms with E-state index >= 15 is 0 Å². The number of nitrogens with two attached hydrogens (primary N) is 1. The van der Waals surface area contributed by atoms with E-state index < -0.39 is 46.2 Å². The number of hydrogen-bond donors (Lipinski definition) is 5. The van der Waals surface area contributed by atoms with Gasteiger partial charge in [-0.2, -0.15) is 5.21 Å². The maximum absolute atomic E-state index is 13.5. The van der Waals surface area contributed by atoms with Gasteiger partial charge >= 0.3 is 12.0 Å². The molecule has 6 N–H and O–H groups in total. The first-order valence-electron chi connectivity index (χ1n) is 10.7. The normalized spacial score (nSPS) is 21.9. The Balaban J connectivity index is 1.46. The molecular formula is C18H19N11O5S3.